The average molecular weight is 664 g/mol. The molecule has 0 bridgehead atoms. The van der Waals surface area contributed by atoms with E-state index < -0.39 is 35.7 Å². The number of halogens is 4. The first-order chi connectivity index (χ1) is 21.2. The van der Waals surface area contributed by atoms with Gasteiger partial charge in [-0.3, -0.25) is 14.9 Å². The highest BCUT2D eigenvalue weighted by Gasteiger charge is 2.46. The van der Waals surface area contributed by atoms with Crippen molar-refractivity contribution < 1.29 is 32.3 Å². The highest BCUT2D eigenvalue weighted by atomic mass is 35.5. The monoisotopic (exact) mass is 663 g/mol. The van der Waals surface area contributed by atoms with Crippen LogP contribution in [0.1, 0.15) is 77.2 Å². The Morgan fingerprint density at radius 1 is 1.07 bits per heavy atom. The highest BCUT2D eigenvalue weighted by molar-refractivity contribution is 6.30. The maximum absolute atomic E-state index is 13.4. The second kappa shape index (κ2) is 13.1. The summed E-state index contributed by atoms with van der Waals surface area (Å²) in [4.78, 5) is 45.9. The minimum Gasteiger partial charge on any atom is -0.444 e. The Kier molecular flexibility index (Phi) is 10.0. The molecule has 2 atom stereocenters. The number of rotatable bonds is 7. The summed E-state index contributed by atoms with van der Waals surface area (Å²) in [6.07, 6.45) is -4.68. The lowest BCUT2D eigenvalue weighted by Gasteiger charge is -2.38. The van der Waals surface area contributed by atoms with E-state index in [4.69, 9.17) is 16.3 Å². The summed E-state index contributed by atoms with van der Waals surface area (Å²) in [6, 6.07) is 10.6. The number of carbonyl (C=O) groups is 3. The summed E-state index contributed by atoms with van der Waals surface area (Å²) >= 11 is 5.97. The van der Waals surface area contributed by atoms with Crippen molar-refractivity contribution in [2.45, 2.75) is 98.3 Å². The van der Waals surface area contributed by atoms with Gasteiger partial charge in [0.05, 0.1) is 17.1 Å². The fourth-order valence-corrected chi connectivity index (χ4v) is 5.47. The van der Waals surface area contributed by atoms with Crippen LogP contribution in [-0.4, -0.2) is 67.7 Å². The molecule has 1 N–H and O–H groups in total. The Bertz CT molecular complexity index is 1590. The number of aromatic nitrogens is 2. The topological polar surface area (TPSA) is 96.8 Å². The Labute approximate surface area is 272 Å². The number of benzene rings is 2. The van der Waals surface area contributed by atoms with Gasteiger partial charge in [0.25, 0.3) is 5.91 Å². The SMILES string of the molecule is C[C@H](N(Cc1ccc2c(c1)nc(NC(=O)c1ccc(Cl)cc1)n2CC1CCCN1C(=O)C(F)(F)F)C(=O)OC(C)(C)C)C(C)(C)C. The maximum Gasteiger partial charge on any atom is 0.471 e. The molecule has 1 aromatic heterocycles. The Hall–Kier alpha value is -3.80. The molecule has 9 nitrogen and oxygen atoms in total. The first-order valence-corrected chi connectivity index (χ1v) is 15.6. The third kappa shape index (κ3) is 8.31. The number of anilines is 1. The van der Waals surface area contributed by atoms with Gasteiger partial charge < -0.3 is 19.1 Å². The van der Waals surface area contributed by atoms with Crippen LogP contribution in [0.3, 0.4) is 0 Å². The Morgan fingerprint density at radius 2 is 1.72 bits per heavy atom. The number of imidazole rings is 1. The molecule has 2 aromatic carbocycles. The average Bonchev–Trinajstić information content (AvgIpc) is 3.53. The van der Waals surface area contributed by atoms with E-state index >= 15 is 0 Å². The molecule has 250 valence electrons. The largest absolute Gasteiger partial charge is 0.471 e. The van der Waals surface area contributed by atoms with Gasteiger partial charge in [0.15, 0.2) is 0 Å². The molecule has 1 saturated heterocycles. The van der Waals surface area contributed by atoms with Gasteiger partial charge in [0.1, 0.15) is 5.60 Å². The van der Waals surface area contributed by atoms with Crippen molar-refractivity contribution in [3.8, 4) is 0 Å². The van der Waals surface area contributed by atoms with E-state index in [0.717, 1.165) is 10.5 Å². The molecule has 1 unspecified atom stereocenters. The third-order valence-corrected chi connectivity index (χ3v) is 8.37. The molecule has 1 aliphatic heterocycles. The molecular weight excluding hydrogens is 623 g/mol. The van der Waals surface area contributed by atoms with Gasteiger partial charge in [-0.25, -0.2) is 9.78 Å². The molecule has 3 aromatic rings. The number of likely N-dealkylation sites (tertiary alicyclic amines) is 1. The van der Waals surface area contributed by atoms with Crippen LogP contribution >= 0.6 is 11.6 Å². The predicted molar refractivity (Wildman–Crippen MR) is 171 cm³/mol. The molecule has 1 fully saturated rings. The number of amides is 3. The smallest absolute Gasteiger partial charge is 0.444 e. The van der Waals surface area contributed by atoms with Crippen LogP contribution in [0.5, 0.6) is 0 Å². The van der Waals surface area contributed by atoms with Crippen molar-refractivity contribution in [2.75, 3.05) is 11.9 Å². The summed E-state index contributed by atoms with van der Waals surface area (Å²) in [5, 5.41) is 3.24. The molecule has 46 heavy (non-hydrogen) atoms. The molecule has 2 heterocycles. The predicted octanol–water partition coefficient (Wildman–Crippen LogP) is 7.67. The maximum atomic E-state index is 13.4. The summed E-state index contributed by atoms with van der Waals surface area (Å²) in [6.45, 7) is 13.6. The molecule has 1 aliphatic rings. The zero-order valence-corrected chi connectivity index (χ0v) is 27.9. The first-order valence-electron chi connectivity index (χ1n) is 15.2. The van der Waals surface area contributed by atoms with Crippen molar-refractivity contribution in [3.63, 3.8) is 0 Å². The van der Waals surface area contributed by atoms with Crippen molar-refractivity contribution in [1.29, 1.82) is 0 Å². The molecule has 3 amide bonds. The van der Waals surface area contributed by atoms with E-state index in [1.165, 1.54) is 0 Å². The molecule has 0 radical (unpaired) electrons. The highest BCUT2D eigenvalue weighted by Crippen LogP contribution is 2.31. The molecule has 4 rings (SSSR count). The Balaban J connectivity index is 1.73. The van der Waals surface area contributed by atoms with Gasteiger partial charge in [-0.1, -0.05) is 38.4 Å². The van der Waals surface area contributed by atoms with Gasteiger partial charge in [0, 0.05) is 36.3 Å². The minimum absolute atomic E-state index is 0.0149. The van der Waals surface area contributed by atoms with E-state index in [0.29, 0.717) is 34.5 Å². The van der Waals surface area contributed by atoms with E-state index in [1.54, 1.807) is 66.6 Å². The van der Waals surface area contributed by atoms with E-state index in [1.807, 2.05) is 33.8 Å². The number of fused-ring (bicyclic) bond motifs is 1. The number of ether oxygens (including phenoxy) is 1. The quantitative estimate of drug-likeness (QED) is 0.280. The van der Waals surface area contributed by atoms with E-state index in [2.05, 4.69) is 10.3 Å². The number of carbonyl (C=O) groups excluding carboxylic acids is 3. The molecule has 13 heteroatoms. The second-order valence-corrected chi connectivity index (χ2v) is 14.2. The van der Waals surface area contributed by atoms with Crippen LogP contribution in [0.15, 0.2) is 42.5 Å². The van der Waals surface area contributed by atoms with Crippen LogP contribution in [0.25, 0.3) is 11.0 Å². The van der Waals surface area contributed by atoms with E-state index in [9.17, 15) is 27.6 Å². The van der Waals surface area contributed by atoms with Crippen LogP contribution in [0.4, 0.5) is 23.9 Å². The lowest BCUT2D eigenvalue weighted by molar-refractivity contribution is -0.186. The lowest BCUT2D eigenvalue weighted by atomic mass is 9.87. The lowest BCUT2D eigenvalue weighted by Crippen LogP contribution is -2.47. The van der Waals surface area contributed by atoms with Crippen molar-refractivity contribution in [3.05, 3.63) is 58.6 Å². The summed E-state index contributed by atoms with van der Waals surface area (Å²) < 4.78 is 47.5. The Morgan fingerprint density at radius 3 is 2.30 bits per heavy atom. The standard InChI is InChI=1S/C33H41ClF3N5O4/c1-20(31(2,3)4)41(30(45)46-32(5,6)7)18-21-10-15-26-25(17-21)38-29(39-27(43)22-11-13-23(34)14-12-22)42(26)19-24-9-8-16-40(24)28(44)33(35,36)37/h10-15,17,20,24H,8-9,16,18-19H2,1-7H3,(H,38,39,43)/t20-,24?/m0/s1. The third-order valence-electron chi connectivity index (χ3n) is 8.12. The number of hydrogen-bond donors (Lipinski definition) is 1. The van der Waals surface area contributed by atoms with E-state index in [-0.39, 0.29) is 37.0 Å². The zero-order chi connectivity index (χ0) is 34.2. The van der Waals surface area contributed by atoms with Gasteiger partial charge in [0.2, 0.25) is 5.95 Å². The summed E-state index contributed by atoms with van der Waals surface area (Å²) in [5.41, 5.74) is 1.10. The molecular formula is C33H41ClF3N5O4. The van der Waals surface area contributed by atoms with Gasteiger partial charge in [-0.05, 0) is 87.9 Å². The fraction of sp³-hybridized carbons (Fsp3) is 0.515. The van der Waals surface area contributed by atoms with Crippen molar-refractivity contribution in [2.24, 2.45) is 5.41 Å². The number of alkyl halides is 3. The molecule has 0 aliphatic carbocycles. The minimum atomic E-state index is -5.00. The number of nitrogens with one attached hydrogen (secondary N) is 1. The molecule has 0 saturated carbocycles. The number of nitrogens with zero attached hydrogens (tertiary/aromatic N) is 4. The van der Waals surface area contributed by atoms with Crippen molar-refractivity contribution >= 4 is 46.5 Å². The summed E-state index contributed by atoms with van der Waals surface area (Å²) in [7, 11) is 0. The van der Waals surface area contributed by atoms with Crippen LogP contribution in [0.2, 0.25) is 5.02 Å². The normalized spacial score (nSPS) is 16.4. The first kappa shape index (κ1) is 35.1. The summed E-state index contributed by atoms with van der Waals surface area (Å²) in [5.74, 6) is -2.26. The van der Waals surface area contributed by atoms with Crippen LogP contribution in [0, 0.1) is 5.41 Å². The fourth-order valence-electron chi connectivity index (χ4n) is 5.34. The second-order valence-electron chi connectivity index (χ2n) is 13.8. The van der Waals surface area contributed by atoms with Crippen molar-refractivity contribution in [1.82, 2.24) is 19.4 Å². The van der Waals surface area contributed by atoms with Crippen LogP contribution in [-0.2, 0) is 22.6 Å². The molecule has 0 spiro atoms. The van der Waals surface area contributed by atoms with Crippen LogP contribution < -0.4 is 5.32 Å². The van der Waals surface area contributed by atoms with Gasteiger partial charge >= 0.3 is 18.2 Å². The van der Waals surface area contributed by atoms with Gasteiger partial charge in [-0.2, -0.15) is 13.2 Å². The zero-order valence-electron chi connectivity index (χ0n) is 27.2. The number of hydrogen-bond acceptors (Lipinski definition) is 5. The van der Waals surface area contributed by atoms with Gasteiger partial charge in [-0.15, -0.1) is 0 Å².